The number of esters is 1. The number of amides is 1. The molecule has 0 aromatic heterocycles. The Kier molecular flexibility index (Phi) is 3.19. The van der Waals surface area contributed by atoms with Crippen LogP contribution in [0.5, 0.6) is 0 Å². The van der Waals surface area contributed by atoms with E-state index >= 15 is 0 Å². The Balaban J connectivity index is 3.34. The maximum atomic E-state index is 11.1. The molecule has 0 bridgehead atoms. The molecule has 1 aromatic carbocycles. The highest BCUT2D eigenvalue weighted by atomic mass is 16.6. The number of nitro groups is 1. The number of rotatable bonds is 3. The van der Waals surface area contributed by atoms with Gasteiger partial charge in [-0.25, -0.2) is 4.79 Å². The molecule has 0 saturated carbocycles. The van der Waals surface area contributed by atoms with E-state index < -0.39 is 22.5 Å². The first kappa shape index (κ1) is 11.6. The predicted molar refractivity (Wildman–Crippen MR) is 53.0 cm³/mol. The molecule has 0 aliphatic rings. The van der Waals surface area contributed by atoms with Gasteiger partial charge in [-0.2, -0.15) is 0 Å². The first-order chi connectivity index (χ1) is 7.47. The summed E-state index contributed by atoms with van der Waals surface area (Å²) in [5.41, 5.74) is 4.17. The lowest BCUT2D eigenvalue weighted by Crippen LogP contribution is -2.14. The Morgan fingerprint density at radius 3 is 2.50 bits per heavy atom. The Bertz CT molecular complexity index is 469. The first-order valence-electron chi connectivity index (χ1n) is 4.14. The van der Waals surface area contributed by atoms with Crippen LogP contribution < -0.4 is 5.73 Å². The lowest BCUT2D eigenvalue weighted by atomic mass is 10.1. The number of nitrogens with two attached hydrogens (primary N) is 1. The Hall–Kier alpha value is -2.44. The van der Waals surface area contributed by atoms with Crippen LogP contribution >= 0.6 is 0 Å². The van der Waals surface area contributed by atoms with E-state index in [1.807, 2.05) is 0 Å². The van der Waals surface area contributed by atoms with Gasteiger partial charge in [0.05, 0.1) is 17.6 Å². The molecule has 16 heavy (non-hydrogen) atoms. The zero-order valence-electron chi connectivity index (χ0n) is 8.30. The van der Waals surface area contributed by atoms with Gasteiger partial charge in [-0.3, -0.25) is 14.9 Å². The monoisotopic (exact) mass is 224 g/mol. The second-order valence-electron chi connectivity index (χ2n) is 2.84. The van der Waals surface area contributed by atoms with E-state index in [2.05, 4.69) is 4.74 Å². The molecule has 7 nitrogen and oxygen atoms in total. The molecule has 0 fully saturated rings. The van der Waals surface area contributed by atoms with Crippen molar-refractivity contribution in [3.8, 4) is 0 Å². The SMILES string of the molecule is COC(=O)c1ccc(C(N)=O)c([N+](=O)[O-])c1. The molecule has 0 aliphatic heterocycles. The normalized spacial score (nSPS) is 9.56. The fraction of sp³-hybridized carbons (Fsp3) is 0.111. The number of methoxy groups -OCH3 is 1. The maximum absolute atomic E-state index is 11.1. The van der Waals surface area contributed by atoms with Crippen LogP contribution in [0.15, 0.2) is 18.2 Å². The summed E-state index contributed by atoms with van der Waals surface area (Å²) in [5.74, 6) is -1.65. The summed E-state index contributed by atoms with van der Waals surface area (Å²) >= 11 is 0. The molecule has 0 radical (unpaired) electrons. The van der Waals surface area contributed by atoms with Gasteiger partial charge in [0.2, 0.25) is 0 Å². The molecule has 0 heterocycles. The molecule has 0 aliphatic carbocycles. The van der Waals surface area contributed by atoms with Gasteiger partial charge >= 0.3 is 5.97 Å². The van der Waals surface area contributed by atoms with Gasteiger partial charge in [-0.15, -0.1) is 0 Å². The van der Waals surface area contributed by atoms with Crippen LogP contribution in [0.4, 0.5) is 5.69 Å². The minimum Gasteiger partial charge on any atom is -0.465 e. The summed E-state index contributed by atoms with van der Waals surface area (Å²) in [4.78, 5) is 31.8. The Morgan fingerprint density at radius 1 is 1.44 bits per heavy atom. The number of hydrogen-bond donors (Lipinski definition) is 1. The van der Waals surface area contributed by atoms with Gasteiger partial charge in [0.15, 0.2) is 0 Å². The number of primary amides is 1. The summed E-state index contributed by atoms with van der Waals surface area (Å²) in [6.07, 6.45) is 0. The van der Waals surface area contributed by atoms with Gasteiger partial charge in [-0.1, -0.05) is 0 Å². The standard InChI is InChI=1S/C9H8N2O5/c1-16-9(13)5-2-3-6(8(10)12)7(4-5)11(14)15/h2-4H,1H3,(H2,10,12). The molecule has 0 atom stereocenters. The minimum atomic E-state index is -0.928. The van der Waals surface area contributed by atoms with Gasteiger partial charge in [0.25, 0.3) is 11.6 Å². The summed E-state index contributed by atoms with van der Waals surface area (Å²) in [6.45, 7) is 0. The van der Waals surface area contributed by atoms with Crippen LogP contribution in [0.2, 0.25) is 0 Å². The summed E-state index contributed by atoms with van der Waals surface area (Å²) < 4.78 is 4.39. The number of nitro benzene ring substituents is 1. The summed E-state index contributed by atoms with van der Waals surface area (Å²) in [7, 11) is 1.15. The molecule has 1 amide bonds. The number of carbonyl (C=O) groups excluding carboxylic acids is 2. The van der Waals surface area contributed by atoms with Gasteiger partial charge in [0.1, 0.15) is 5.56 Å². The van der Waals surface area contributed by atoms with Crippen molar-refractivity contribution in [2.75, 3.05) is 7.11 Å². The third kappa shape index (κ3) is 2.14. The molecule has 1 aromatic rings. The Labute approximate surface area is 90.0 Å². The lowest BCUT2D eigenvalue weighted by molar-refractivity contribution is -0.385. The van der Waals surface area contributed by atoms with Crippen molar-refractivity contribution in [1.82, 2.24) is 0 Å². The zero-order chi connectivity index (χ0) is 12.3. The van der Waals surface area contributed by atoms with Crippen molar-refractivity contribution in [2.24, 2.45) is 5.73 Å². The van der Waals surface area contributed by atoms with Gasteiger partial charge in [0, 0.05) is 6.07 Å². The van der Waals surface area contributed by atoms with E-state index in [0.29, 0.717) is 0 Å². The fourth-order valence-electron chi connectivity index (χ4n) is 1.14. The molecular weight excluding hydrogens is 216 g/mol. The second-order valence-corrected chi connectivity index (χ2v) is 2.84. The third-order valence-corrected chi connectivity index (χ3v) is 1.88. The maximum Gasteiger partial charge on any atom is 0.338 e. The molecular formula is C9H8N2O5. The predicted octanol–water partition coefficient (Wildman–Crippen LogP) is 0.480. The smallest absolute Gasteiger partial charge is 0.338 e. The molecule has 1 rings (SSSR count). The van der Waals surface area contributed by atoms with E-state index in [1.54, 1.807) is 0 Å². The molecule has 0 spiro atoms. The molecule has 0 saturated heterocycles. The minimum absolute atomic E-state index is 0.0146. The average molecular weight is 224 g/mol. The van der Waals surface area contributed by atoms with Crippen molar-refractivity contribution in [1.29, 1.82) is 0 Å². The fourth-order valence-corrected chi connectivity index (χ4v) is 1.14. The second kappa shape index (κ2) is 4.39. The van der Waals surface area contributed by atoms with Crippen LogP contribution in [0.3, 0.4) is 0 Å². The van der Waals surface area contributed by atoms with E-state index in [-0.39, 0.29) is 11.1 Å². The van der Waals surface area contributed by atoms with Crippen LogP contribution in [-0.2, 0) is 4.74 Å². The summed E-state index contributed by atoms with van der Waals surface area (Å²) in [5, 5.41) is 10.6. The highest BCUT2D eigenvalue weighted by Gasteiger charge is 2.20. The van der Waals surface area contributed by atoms with E-state index in [4.69, 9.17) is 5.73 Å². The molecule has 7 heteroatoms. The first-order valence-corrected chi connectivity index (χ1v) is 4.14. The van der Waals surface area contributed by atoms with E-state index in [1.165, 1.54) is 6.07 Å². The third-order valence-electron chi connectivity index (χ3n) is 1.88. The van der Waals surface area contributed by atoms with E-state index in [9.17, 15) is 19.7 Å². The van der Waals surface area contributed by atoms with Crippen molar-refractivity contribution >= 4 is 17.6 Å². The average Bonchev–Trinajstić information content (AvgIpc) is 2.26. The number of benzene rings is 1. The number of ether oxygens (including phenoxy) is 1. The molecule has 0 unspecified atom stereocenters. The van der Waals surface area contributed by atoms with Crippen LogP contribution in [0.1, 0.15) is 20.7 Å². The topological polar surface area (TPSA) is 113 Å². The van der Waals surface area contributed by atoms with Crippen molar-refractivity contribution < 1.29 is 19.2 Å². The van der Waals surface area contributed by atoms with Crippen LogP contribution in [0, 0.1) is 10.1 Å². The van der Waals surface area contributed by atoms with Gasteiger partial charge in [-0.05, 0) is 12.1 Å². The van der Waals surface area contributed by atoms with Crippen molar-refractivity contribution in [3.63, 3.8) is 0 Å². The quantitative estimate of drug-likeness (QED) is 0.455. The Morgan fingerprint density at radius 2 is 2.06 bits per heavy atom. The zero-order valence-corrected chi connectivity index (χ0v) is 8.30. The van der Waals surface area contributed by atoms with Gasteiger partial charge < -0.3 is 10.5 Å². The van der Waals surface area contributed by atoms with Crippen molar-refractivity contribution in [3.05, 3.63) is 39.4 Å². The number of carbonyl (C=O) groups is 2. The highest BCUT2D eigenvalue weighted by molar-refractivity contribution is 5.99. The largest absolute Gasteiger partial charge is 0.465 e. The van der Waals surface area contributed by atoms with Crippen molar-refractivity contribution in [2.45, 2.75) is 0 Å². The molecule has 84 valence electrons. The van der Waals surface area contributed by atoms with E-state index in [0.717, 1.165) is 19.2 Å². The number of nitrogens with zero attached hydrogens (tertiary/aromatic N) is 1. The lowest BCUT2D eigenvalue weighted by Gasteiger charge is -2.01. The van der Waals surface area contributed by atoms with Crippen LogP contribution in [-0.4, -0.2) is 23.9 Å². The summed E-state index contributed by atoms with van der Waals surface area (Å²) in [6, 6.07) is 3.30. The van der Waals surface area contributed by atoms with Crippen LogP contribution in [0.25, 0.3) is 0 Å². The highest BCUT2D eigenvalue weighted by Crippen LogP contribution is 2.20. The molecule has 2 N–H and O–H groups in total. The number of hydrogen-bond acceptors (Lipinski definition) is 5.